The third kappa shape index (κ3) is 3.86. The van der Waals surface area contributed by atoms with Gasteiger partial charge in [-0.25, -0.2) is 4.79 Å². The highest BCUT2D eigenvalue weighted by Crippen LogP contribution is 2.31. The zero-order chi connectivity index (χ0) is 21.4. The average molecular weight is 414 g/mol. The summed E-state index contributed by atoms with van der Waals surface area (Å²) in [6.07, 6.45) is 1.86. The number of benzene rings is 2. The minimum Gasteiger partial charge on any atom is -0.353 e. The van der Waals surface area contributed by atoms with Crippen LogP contribution in [0.3, 0.4) is 0 Å². The van der Waals surface area contributed by atoms with Crippen LogP contribution in [0.4, 0.5) is 4.79 Å². The number of urea groups is 1. The summed E-state index contributed by atoms with van der Waals surface area (Å²) >= 11 is 0. The first-order valence-corrected chi connectivity index (χ1v) is 10.8. The molecule has 4 aromatic rings. The van der Waals surface area contributed by atoms with Crippen molar-refractivity contribution < 1.29 is 4.79 Å². The number of pyridine rings is 1. The first-order chi connectivity index (χ1) is 15.1. The lowest BCUT2D eigenvalue weighted by Crippen LogP contribution is -2.50. The van der Waals surface area contributed by atoms with Gasteiger partial charge in [-0.15, -0.1) is 0 Å². The summed E-state index contributed by atoms with van der Waals surface area (Å²) in [5, 5.41) is 5.47. The van der Waals surface area contributed by atoms with Crippen molar-refractivity contribution in [1.29, 1.82) is 0 Å². The number of carbonyl (C=O) groups is 1. The van der Waals surface area contributed by atoms with Gasteiger partial charge in [0, 0.05) is 55.2 Å². The number of fused-ring (bicyclic) bond motifs is 3. The van der Waals surface area contributed by atoms with Gasteiger partial charge < -0.3 is 20.1 Å². The standard InChI is InChI=1S/C25H27N5O/c1-17-24-21(8-9-26-17)22-15-20(6-7-23(22)28-24)19-5-3-4-18(14-19)16-27-25(31)30-12-10-29(2)11-13-30/h3-9,14-15,28H,10-13,16H2,1-2H3,(H,27,31). The van der Waals surface area contributed by atoms with Crippen molar-refractivity contribution in [2.45, 2.75) is 13.5 Å². The van der Waals surface area contributed by atoms with Gasteiger partial charge in [-0.05, 0) is 54.9 Å². The molecular formula is C25H27N5O. The Hall–Kier alpha value is -3.38. The Morgan fingerprint density at radius 2 is 1.84 bits per heavy atom. The van der Waals surface area contributed by atoms with Crippen LogP contribution in [-0.2, 0) is 6.54 Å². The number of aromatic nitrogens is 2. The Kier molecular flexibility index (Phi) is 5.08. The first kappa shape index (κ1) is 19.6. The van der Waals surface area contributed by atoms with Gasteiger partial charge in [0.2, 0.25) is 0 Å². The highest BCUT2D eigenvalue weighted by atomic mass is 16.2. The van der Waals surface area contributed by atoms with E-state index < -0.39 is 0 Å². The van der Waals surface area contributed by atoms with Crippen LogP contribution in [0.15, 0.2) is 54.7 Å². The molecule has 1 aliphatic heterocycles. The van der Waals surface area contributed by atoms with E-state index in [1.807, 2.05) is 18.0 Å². The fraction of sp³-hybridized carbons (Fsp3) is 0.280. The number of likely N-dealkylation sites (N-methyl/N-ethyl adjacent to an activating group) is 1. The molecule has 1 aliphatic rings. The molecule has 0 spiro atoms. The van der Waals surface area contributed by atoms with E-state index in [9.17, 15) is 4.79 Å². The van der Waals surface area contributed by atoms with Crippen LogP contribution in [0.1, 0.15) is 11.3 Å². The van der Waals surface area contributed by atoms with E-state index in [2.05, 4.69) is 75.8 Å². The van der Waals surface area contributed by atoms with E-state index in [-0.39, 0.29) is 6.03 Å². The van der Waals surface area contributed by atoms with Crippen LogP contribution in [0.5, 0.6) is 0 Å². The maximum absolute atomic E-state index is 12.5. The zero-order valence-electron chi connectivity index (χ0n) is 18.0. The molecular weight excluding hydrogens is 386 g/mol. The van der Waals surface area contributed by atoms with Gasteiger partial charge in [-0.1, -0.05) is 24.3 Å². The van der Waals surface area contributed by atoms with E-state index >= 15 is 0 Å². The van der Waals surface area contributed by atoms with Gasteiger partial charge in [0.25, 0.3) is 0 Å². The Bertz CT molecular complexity index is 1250. The van der Waals surface area contributed by atoms with Gasteiger partial charge >= 0.3 is 6.03 Å². The molecule has 158 valence electrons. The van der Waals surface area contributed by atoms with E-state index in [0.29, 0.717) is 6.54 Å². The molecule has 0 atom stereocenters. The molecule has 0 bridgehead atoms. The number of nitrogens with one attached hydrogen (secondary N) is 2. The molecule has 1 saturated heterocycles. The minimum absolute atomic E-state index is 0.0164. The predicted octanol–water partition coefficient (Wildman–Crippen LogP) is 4.15. The second-order valence-electron chi connectivity index (χ2n) is 8.35. The van der Waals surface area contributed by atoms with E-state index in [4.69, 9.17) is 0 Å². The molecule has 2 aromatic carbocycles. The summed E-state index contributed by atoms with van der Waals surface area (Å²) in [6, 6.07) is 17.0. The van der Waals surface area contributed by atoms with E-state index in [0.717, 1.165) is 59.6 Å². The predicted molar refractivity (Wildman–Crippen MR) is 125 cm³/mol. The fourth-order valence-corrected chi connectivity index (χ4v) is 4.30. The highest BCUT2D eigenvalue weighted by molar-refractivity contribution is 6.09. The lowest BCUT2D eigenvalue weighted by atomic mass is 10.0. The molecule has 2 aromatic heterocycles. The molecule has 31 heavy (non-hydrogen) atoms. The monoisotopic (exact) mass is 413 g/mol. The second kappa shape index (κ2) is 8.04. The number of H-pyrrole nitrogens is 1. The average Bonchev–Trinajstić information content (AvgIpc) is 3.17. The number of piperazine rings is 1. The maximum Gasteiger partial charge on any atom is 0.317 e. The first-order valence-electron chi connectivity index (χ1n) is 10.8. The smallest absolute Gasteiger partial charge is 0.317 e. The summed E-state index contributed by atoms with van der Waals surface area (Å²) in [7, 11) is 2.09. The van der Waals surface area contributed by atoms with Crippen molar-refractivity contribution in [1.82, 2.24) is 25.1 Å². The van der Waals surface area contributed by atoms with Crippen molar-refractivity contribution in [2.75, 3.05) is 33.2 Å². The molecule has 6 heteroatoms. The fourth-order valence-electron chi connectivity index (χ4n) is 4.30. The Morgan fingerprint density at radius 1 is 1.03 bits per heavy atom. The van der Waals surface area contributed by atoms with Crippen molar-refractivity contribution in [3.05, 3.63) is 66.0 Å². The third-order valence-electron chi connectivity index (χ3n) is 6.20. The molecule has 2 amide bonds. The number of hydrogen-bond acceptors (Lipinski definition) is 3. The van der Waals surface area contributed by atoms with Gasteiger partial charge in [0.05, 0.1) is 11.2 Å². The van der Waals surface area contributed by atoms with Crippen LogP contribution in [0.2, 0.25) is 0 Å². The summed E-state index contributed by atoms with van der Waals surface area (Å²) in [4.78, 5) is 24.5. The second-order valence-corrected chi connectivity index (χ2v) is 8.35. The summed E-state index contributed by atoms with van der Waals surface area (Å²) in [5.74, 6) is 0. The maximum atomic E-state index is 12.5. The Morgan fingerprint density at radius 3 is 2.68 bits per heavy atom. The normalized spacial score (nSPS) is 15.0. The summed E-state index contributed by atoms with van der Waals surface area (Å²) in [5.41, 5.74) is 6.62. The molecule has 3 heterocycles. The van der Waals surface area contributed by atoms with Gasteiger partial charge in [0.15, 0.2) is 0 Å². The molecule has 6 nitrogen and oxygen atoms in total. The topological polar surface area (TPSA) is 64.3 Å². The lowest BCUT2D eigenvalue weighted by Gasteiger charge is -2.32. The number of carbonyl (C=O) groups excluding carboxylic acids is 1. The number of amides is 2. The molecule has 0 unspecified atom stereocenters. The van der Waals surface area contributed by atoms with Gasteiger partial charge in [-0.3, -0.25) is 4.98 Å². The number of aromatic amines is 1. The van der Waals surface area contributed by atoms with E-state index in [1.54, 1.807) is 0 Å². The minimum atomic E-state index is 0.0164. The van der Waals surface area contributed by atoms with Gasteiger partial charge in [-0.2, -0.15) is 0 Å². The quantitative estimate of drug-likeness (QED) is 0.530. The lowest BCUT2D eigenvalue weighted by molar-refractivity contribution is 0.154. The van der Waals surface area contributed by atoms with Crippen molar-refractivity contribution >= 4 is 27.8 Å². The van der Waals surface area contributed by atoms with Crippen LogP contribution in [0, 0.1) is 6.92 Å². The Balaban J connectivity index is 1.36. The summed E-state index contributed by atoms with van der Waals surface area (Å²) < 4.78 is 0. The zero-order valence-corrected chi connectivity index (χ0v) is 18.0. The molecule has 2 N–H and O–H groups in total. The molecule has 5 rings (SSSR count). The molecule has 0 radical (unpaired) electrons. The summed E-state index contributed by atoms with van der Waals surface area (Å²) in [6.45, 7) is 5.96. The van der Waals surface area contributed by atoms with Gasteiger partial charge in [0.1, 0.15) is 0 Å². The van der Waals surface area contributed by atoms with Crippen molar-refractivity contribution in [2.24, 2.45) is 0 Å². The number of aryl methyl sites for hydroxylation is 1. The molecule has 1 fully saturated rings. The number of hydrogen-bond donors (Lipinski definition) is 2. The largest absolute Gasteiger partial charge is 0.353 e. The number of rotatable bonds is 3. The molecule has 0 aliphatic carbocycles. The Labute approximate surface area is 181 Å². The van der Waals surface area contributed by atoms with Crippen LogP contribution < -0.4 is 5.32 Å². The SMILES string of the molecule is Cc1nccc2c1[nH]c1ccc(-c3cccc(CNC(=O)N4CCN(C)CC4)c3)cc12. The van der Waals surface area contributed by atoms with Crippen LogP contribution in [0.25, 0.3) is 32.9 Å². The van der Waals surface area contributed by atoms with E-state index in [1.165, 1.54) is 10.8 Å². The third-order valence-corrected chi connectivity index (χ3v) is 6.20. The highest BCUT2D eigenvalue weighted by Gasteiger charge is 2.18. The van der Waals surface area contributed by atoms with Crippen molar-refractivity contribution in [3.63, 3.8) is 0 Å². The van der Waals surface area contributed by atoms with Crippen molar-refractivity contribution in [3.8, 4) is 11.1 Å². The van der Waals surface area contributed by atoms with Crippen LogP contribution in [-0.4, -0.2) is 59.0 Å². The molecule has 0 saturated carbocycles. The number of nitrogens with zero attached hydrogens (tertiary/aromatic N) is 3. The van der Waals surface area contributed by atoms with Crippen LogP contribution >= 0.6 is 0 Å².